The van der Waals surface area contributed by atoms with Gasteiger partial charge in [-0.25, -0.2) is 0 Å². The van der Waals surface area contributed by atoms with Crippen molar-refractivity contribution in [1.82, 2.24) is 0 Å². The number of benzene rings is 2. The highest BCUT2D eigenvalue weighted by molar-refractivity contribution is 5.33. The molecule has 0 aliphatic rings. The van der Waals surface area contributed by atoms with Gasteiger partial charge in [-0.2, -0.15) is 0 Å². The molecule has 0 spiro atoms. The van der Waals surface area contributed by atoms with Crippen molar-refractivity contribution in [3.63, 3.8) is 0 Å². The van der Waals surface area contributed by atoms with Crippen molar-refractivity contribution in [3.05, 3.63) is 88.2 Å². The second kappa shape index (κ2) is 15.0. The van der Waals surface area contributed by atoms with Gasteiger partial charge in [-0.05, 0) is 47.6 Å². The molecule has 2 aromatic carbocycles. The van der Waals surface area contributed by atoms with Crippen molar-refractivity contribution in [2.45, 2.75) is 82.9 Å². The van der Waals surface area contributed by atoms with Gasteiger partial charge in [-0.1, -0.05) is 75.2 Å². The van der Waals surface area contributed by atoms with Crippen LogP contribution in [0.1, 0.15) is 48.9 Å². The molecule has 6 nitrogen and oxygen atoms in total. The van der Waals surface area contributed by atoms with Gasteiger partial charge in [0.2, 0.25) is 0 Å². The number of aliphatic hydroxyl groups excluding tert-OH is 6. The average Bonchev–Trinajstić information content (AvgIpc) is 2.88. The molecule has 0 saturated heterocycles. The summed E-state index contributed by atoms with van der Waals surface area (Å²) in [7, 11) is 0. The predicted molar refractivity (Wildman–Crippen MR) is 137 cm³/mol. The van der Waals surface area contributed by atoms with E-state index in [1.165, 1.54) is 5.56 Å². The zero-order valence-corrected chi connectivity index (χ0v) is 20.7. The van der Waals surface area contributed by atoms with E-state index in [2.05, 4.69) is 31.7 Å². The minimum atomic E-state index is -1.86. The number of rotatable bonds is 14. The molecule has 0 aliphatic carbocycles. The predicted octanol–water partition coefficient (Wildman–Crippen LogP) is 2.26. The van der Waals surface area contributed by atoms with Gasteiger partial charge in [0.1, 0.15) is 30.5 Å². The molecular weight excluding hydrogens is 444 g/mol. The van der Waals surface area contributed by atoms with E-state index in [9.17, 15) is 25.5 Å². The number of aryl methyl sites for hydroxylation is 2. The van der Waals surface area contributed by atoms with Gasteiger partial charge in [0, 0.05) is 12.0 Å². The molecule has 2 rings (SSSR count). The van der Waals surface area contributed by atoms with Crippen LogP contribution in [0.15, 0.2) is 65.9 Å². The van der Waals surface area contributed by atoms with E-state index in [0.717, 1.165) is 42.4 Å². The van der Waals surface area contributed by atoms with Gasteiger partial charge < -0.3 is 30.6 Å². The lowest BCUT2D eigenvalue weighted by Crippen LogP contribution is -2.50. The Morgan fingerprint density at radius 3 is 1.80 bits per heavy atom. The third-order valence-electron chi connectivity index (χ3n) is 6.23. The van der Waals surface area contributed by atoms with Crippen LogP contribution < -0.4 is 0 Å². The average molecular weight is 485 g/mol. The van der Waals surface area contributed by atoms with Gasteiger partial charge >= 0.3 is 0 Å². The smallest absolute Gasteiger partial charge is 0.113 e. The summed E-state index contributed by atoms with van der Waals surface area (Å²) in [5.41, 5.74) is 8.02. The van der Waals surface area contributed by atoms with Crippen LogP contribution >= 0.6 is 0 Å². The number of aliphatic hydroxyl groups is 6. The van der Waals surface area contributed by atoms with Crippen molar-refractivity contribution in [2.75, 3.05) is 6.61 Å². The van der Waals surface area contributed by atoms with E-state index >= 15 is 0 Å². The highest BCUT2D eigenvalue weighted by Gasteiger charge is 2.35. The largest absolute Gasteiger partial charge is 0.394 e. The summed E-state index contributed by atoms with van der Waals surface area (Å²) < 4.78 is 0. The van der Waals surface area contributed by atoms with Crippen molar-refractivity contribution in [3.8, 4) is 0 Å². The first kappa shape index (κ1) is 29.0. The maximum Gasteiger partial charge on any atom is 0.113 e. The minimum Gasteiger partial charge on any atom is -0.394 e. The van der Waals surface area contributed by atoms with Crippen LogP contribution in [0.2, 0.25) is 0 Å². The third-order valence-corrected chi connectivity index (χ3v) is 6.23. The Morgan fingerprint density at radius 1 is 0.743 bits per heavy atom. The fraction of sp³-hybridized carbons (Fsp3) is 0.483. The second-order valence-corrected chi connectivity index (χ2v) is 8.96. The Labute approximate surface area is 208 Å². The highest BCUT2D eigenvalue weighted by Crippen LogP contribution is 2.21. The summed E-state index contributed by atoms with van der Waals surface area (Å²) in [4.78, 5) is 0. The van der Waals surface area contributed by atoms with Gasteiger partial charge in [0.25, 0.3) is 0 Å². The van der Waals surface area contributed by atoms with Gasteiger partial charge in [0.15, 0.2) is 0 Å². The van der Waals surface area contributed by atoms with E-state index in [4.69, 9.17) is 5.11 Å². The molecule has 0 radical (unpaired) electrons. The summed E-state index contributed by atoms with van der Waals surface area (Å²) in [6.45, 7) is 3.43. The zero-order valence-electron chi connectivity index (χ0n) is 20.7. The van der Waals surface area contributed by atoms with E-state index in [0.29, 0.717) is 18.4 Å². The first-order chi connectivity index (χ1) is 16.8. The molecule has 0 bridgehead atoms. The van der Waals surface area contributed by atoms with Crippen LogP contribution in [-0.4, -0.2) is 67.8 Å². The van der Waals surface area contributed by atoms with Crippen molar-refractivity contribution < 1.29 is 30.6 Å². The first-order valence-corrected chi connectivity index (χ1v) is 12.4. The van der Waals surface area contributed by atoms with E-state index in [-0.39, 0.29) is 0 Å². The lowest BCUT2D eigenvalue weighted by Gasteiger charge is -2.29. The summed E-state index contributed by atoms with van der Waals surface area (Å²) in [6.07, 6.45) is -2.14. The summed E-state index contributed by atoms with van der Waals surface area (Å²) in [5.74, 6) is 0. The standard InChI is InChI=1S/C29H40O6/c1-3-10-20-12-5-6-14-22(20)16-9-17-24(18-23-15-8-7-13-21(23)11-4-2)26(32)28(34)29(35)27(33)25(31)19-30/h5-9,12-15,25-35H,3-4,10-11,16,18-19H2,1-2H3/t17?,25-,26?,27+,28+,29-/m0/s1. The Balaban J connectivity index is 2.39. The van der Waals surface area contributed by atoms with E-state index in [1.54, 1.807) is 0 Å². The van der Waals surface area contributed by atoms with Crippen molar-refractivity contribution in [1.29, 1.82) is 0 Å². The molecule has 0 aliphatic heterocycles. The first-order valence-electron chi connectivity index (χ1n) is 12.4. The zero-order chi connectivity index (χ0) is 25.8. The quantitative estimate of drug-likeness (QED) is 0.229. The molecule has 0 amide bonds. The molecule has 0 heterocycles. The van der Waals surface area contributed by atoms with Crippen LogP contribution in [0.5, 0.6) is 0 Å². The minimum absolute atomic E-state index is 0.298. The Hall–Kier alpha value is -2.28. The lowest BCUT2D eigenvalue weighted by atomic mass is 9.90. The molecule has 0 fully saturated rings. The molecular formula is C29H40O6. The molecule has 5 atom stereocenters. The van der Waals surface area contributed by atoms with Crippen molar-refractivity contribution >= 4 is 0 Å². The Kier molecular flexibility index (Phi) is 12.4. The monoisotopic (exact) mass is 484 g/mol. The molecule has 0 saturated carbocycles. The molecule has 0 aromatic heterocycles. The normalized spacial score (nSPS) is 15.5. The Morgan fingerprint density at radius 2 is 1.26 bits per heavy atom. The molecule has 6 N–H and O–H groups in total. The molecule has 1 unspecified atom stereocenters. The highest BCUT2D eigenvalue weighted by atomic mass is 16.4. The second-order valence-electron chi connectivity index (χ2n) is 8.96. The summed E-state index contributed by atoms with van der Waals surface area (Å²) in [6, 6.07) is 16.0. The van der Waals surface area contributed by atoms with E-state index in [1.807, 2.05) is 42.5 Å². The maximum atomic E-state index is 11.0. The fourth-order valence-corrected chi connectivity index (χ4v) is 4.18. The van der Waals surface area contributed by atoms with Gasteiger partial charge in [-0.15, -0.1) is 5.73 Å². The van der Waals surface area contributed by atoms with Crippen LogP contribution in [-0.2, 0) is 25.7 Å². The summed E-state index contributed by atoms with van der Waals surface area (Å²) in [5, 5.41) is 60.7. The van der Waals surface area contributed by atoms with Crippen LogP contribution in [0.25, 0.3) is 0 Å². The molecule has 6 heteroatoms. The van der Waals surface area contributed by atoms with E-state index < -0.39 is 37.1 Å². The number of hydrogen-bond acceptors (Lipinski definition) is 6. The maximum absolute atomic E-state index is 11.0. The fourth-order valence-electron chi connectivity index (χ4n) is 4.18. The SMILES string of the molecule is CCCc1ccccc1CC=C=C(Cc1ccccc1CCC)C(O)[C@@H](O)[C@@H](O)[C@H](O)[C@@H](O)CO. The third kappa shape index (κ3) is 8.41. The van der Waals surface area contributed by atoms with Crippen LogP contribution in [0, 0.1) is 0 Å². The van der Waals surface area contributed by atoms with Crippen LogP contribution in [0.4, 0.5) is 0 Å². The topological polar surface area (TPSA) is 121 Å². The Bertz CT molecular complexity index is 965. The number of hydrogen-bond donors (Lipinski definition) is 6. The summed E-state index contributed by atoms with van der Waals surface area (Å²) >= 11 is 0. The van der Waals surface area contributed by atoms with Crippen molar-refractivity contribution in [2.24, 2.45) is 0 Å². The molecule has 35 heavy (non-hydrogen) atoms. The molecule has 2 aromatic rings. The van der Waals surface area contributed by atoms with Gasteiger partial charge in [-0.3, -0.25) is 0 Å². The molecule has 192 valence electrons. The van der Waals surface area contributed by atoms with Crippen LogP contribution in [0.3, 0.4) is 0 Å². The van der Waals surface area contributed by atoms with Gasteiger partial charge in [0.05, 0.1) is 6.61 Å². The lowest BCUT2D eigenvalue weighted by molar-refractivity contribution is -0.134.